The van der Waals surface area contributed by atoms with Crippen molar-refractivity contribution in [3.8, 4) is 5.75 Å². The second-order valence-corrected chi connectivity index (χ2v) is 5.86. The van der Waals surface area contributed by atoms with Crippen LogP contribution >= 0.6 is 0 Å². The van der Waals surface area contributed by atoms with Gasteiger partial charge in [-0.2, -0.15) is 5.10 Å². The quantitative estimate of drug-likeness (QED) is 0.825. The lowest BCUT2D eigenvalue weighted by Gasteiger charge is -2.20. The summed E-state index contributed by atoms with van der Waals surface area (Å²) in [5.74, 6) is 0.616. The molecule has 0 spiro atoms. The molecule has 0 fully saturated rings. The van der Waals surface area contributed by atoms with Crippen LogP contribution in [0.5, 0.6) is 5.75 Å². The van der Waals surface area contributed by atoms with Gasteiger partial charge in [-0.1, -0.05) is 32.9 Å². The zero-order valence-corrected chi connectivity index (χ0v) is 12.3. The summed E-state index contributed by atoms with van der Waals surface area (Å²) in [7, 11) is 0. The van der Waals surface area contributed by atoms with E-state index < -0.39 is 0 Å². The van der Waals surface area contributed by atoms with Crippen molar-refractivity contribution in [2.75, 3.05) is 5.73 Å². The van der Waals surface area contributed by atoms with Gasteiger partial charge in [-0.3, -0.25) is 0 Å². The summed E-state index contributed by atoms with van der Waals surface area (Å²) >= 11 is 0. The minimum absolute atomic E-state index is 0.0916. The molecular weight excluding hydrogens is 252 g/mol. The van der Waals surface area contributed by atoms with E-state index in [4.69, 9.17) is 5.73 Å². The molecule has 1 aromatic carbocycles. The zero-order valence-electron chi connectivity index (χ0n) is 12.3. The maximum atomic E-state index is 10.1. The zero-order chi connectivity index (χ0) is 14.9. The SMILES string of the molecule is Cc1cn(N=Cc2ccc(C(C)(C)C)c(O)c2)c(N)n1. The summed E-state index contributed by atoms with van der Waals surface area (Å²) in [6, 6.07) is 5.53. The van der Waals surface area contributed by atoms with Crippen LogP contribution in [0.25, 0.3) is 0 Å². The normalized spacial score (nSPS) is 12.2. The summed E-state index contributed by atoms with van der Waals surface area (Å²) in [6.07, 6.45) is 3.39. The number of aromatic hydroxyl groups is 1. The summed E-state index contributed by atoms with van der Waals surface area (Å²) in [4.78, 5) is 4.06. The molecule has 20 heavy (non-hydrogen) atoms. The fraction of sp³-hybridized carbons (Fsp3) is 0.333. The van der Waals surface area contributed by atoms with Crippen LogP contribution in [0.3, 0.4) is 0 Å². The lowest BCUT2D eigenvalue weighted by atomic mass is 9.86. The Morgan fingerprint density at radius 1 is 1.35 bits per heavy atom. The van der Waals surface area contributed by atoms with Gasteiger partial charge in [0.2, 0.25) is 5.95 Å². The highest BCUT2D eigenvalue weighted by Crippen LogP contribution is 2.30. The number of hydrogen-bond donors (Lipinski definition) is 2. The first kappa shape index (κ1) is 14.1. The number of rotatable bonds is 2. The molecule has 1 aromatic heterocycles. The molecule has 106 valence electrons. The van der Waals surface area contributed by atoms with E-state index in [1.54, 1.807) is 18.5 Å². The number of aromatic nitrogens is 2. The second kappa shape index (κ2) is 5.00. The van der Waals surface area contributed by atoms with Crippen LogP contribution in [0.15, 0.2) is 29.5 Å². The Labute approximate surface area is 118 Å². The number of nitrogen functional groups attached to an aromatic ring is 1. The summed E-state index contributed by atoms with van der Waals surface area (Å²) in [6.45, 7) is 8.03. The molecule has 0 aliphatic carbocycles. The summed E-state index contributed by atoms with van der Waals surface area (Å²) in [5.41, 5.74) is 8.14. The maximum absolute atomic E-state index is 10.1. The van der Waals surface area contributed by atoms with E-state index in [0.717, 1.165) is 16.8 Å². The third-order valence-corrected chi connectivity index (χ3v) is 3.00. The van der Waals surface area contributed by atoms with Crippen molar-refractivity contribution < 1.29 is 5.11 Å². The van der Waals surface area contributed by atoms with E-state index in [2.05, 4.69) is 30.9 Å². The van der Waals surface area contributed by atoms with Gasteiger partial charge in [0.1, 0.15) is 5.75 Å². The van der Waals surface area contributed by atoms with E-state index in [9.17, 15) is 5.11 Å². The number of phenolic OH excluding ortho intramolecular Hbond substituents is 1. The van der Waals surface area contributed by atoms with Gasteiger partial charge in [0.25, 0.3) is 0 Å². The highest BCUT2D eigenvalue weighted by Gasteiger charge is 2.17. The summed E-state index contributed by atoms with van der Waals surface area (Å²) < 4.78 is 1.50. The average Bonchev–Trinajstić information content (AvgIpc) is 2.63. The number of imidazole rings is 1. The minimum atomic E-state index is -0.0916. The Balaban J connectivity index is 2.27. The lowest BCUT2D eigenvalue weighted by molar-refractivity contribution is 0.446. The van der Waals surface area contributed by atoms with E-state index in [1.165, 1.54) is 4.68 Å². The van der Waals surface area contributed by atoms with Crippen LogP contribution < -0.4 is 5.73 Å². The number of nitrogens with zero attached hydrogens (tertiary/aromatic N) is 3. The van der Waals surface area contributed by atoms with Crippen molar-refractivity contribution in [1.82, 2.24) is 9.66 Å². The van der Waals surface area contributed by atoms with Crippen LogP contribution in [-0.2, 0) is 5.41 Å². The van der Waals surface area contributed by atoms with Crippen molar-refractivity contribution in [2.45, 2.75) is 33.1 Å². The Bertz CT molecular complexity index is 650. The van der Waals surface area contributed by atoms with Crippen molar-refractivity contribution >= 4 is 12.2 Å². The van der Waals surface area contributed by atoms with E-state index >= 15 is 0 Å². The number of hydrogen-bond acceptors (Lipinski definition) is 4. The second-order valence-electron chi connectivity index (χ2n) is 5.86. The highest BCUT2D eigenvalue weighted by atomic mass is 16.3. The molecule has 1 heterocycles. The monoisotopic (exact) mass is 272 g/mol. The third kappa shape index (κ3) is 2.99. The highest BCUT2D eigenvalue weighted by molar-refractivity contribution is 5.80. The molecular formula is C15H20N4O. The fourth-order valence-electron chi connectivity index (χ4n) is 1.99. The average molecular weight is 272 g/mol. The molecule has 2 rings (SSSR count). The van der Waals surface area contributed by atoms with Crippen LogP contribution in [0, 0.1) is 6.92 Å². The first-order chi connectivity index (χ1) is 9.27. The van der Waals surface area contributed by atoms with Gasteiger partial charge >= 0.3 is 0 Å². The van der Waals surface area contributed by atoms with Gasteiger partial charge in [0.15, 0.2) is 0 Å². The molecule has 0 radical (unpaired) electrons. The number of benzene rings is 1. The summed E-state index contributed by atoms with van der Waals surface area (Å²) in [5, 5.41) is 14.3. The number of phenols is 1. The van der Waals surface area contributed by atoms with Crippen molar-refractivity contribution in [3.63, 3.8) is 0 Å². The van der Waals surface area contributed by atoms with Crippen LogP contribution in [0.2, 0.25) is 0 Å². The molecule has 0 aliphatic rings. The number of anilines is 1. The fourth-order valence-corrected chi connectivity index (χ4v) is 1.99. The van der Waals surface area contributed by atoms with Crippen molar-refractivity contribution in [3.05, 3.63) is 41.2 Å². The molecule has 2 aromatic rings. The van der Waals surface area contributed by atoms with Crippen LogP contribution in [0.1, 0.15) is 37.6 Å². The Morgan fingerprint density at radius 2 is 2.05 bits per heavy atom. The number of nitrogens with two attached hydrogens (primary N) is 1. The molecule has 5 nitrogen and oxygen atoms in total. The minimum Gasteiger partial charge on any atom is -0.508 e. The Hall–Kier alpha value is -2.30. The lowest BCUT2D eigenvalue weighted by Crippen LogP contribution is -2.11. The van der Waals surface area contributed by atoms with E-state index in [0.29, 0.717) is 5.95 Å². The van der Waals surface area contributed by atoms with Gasteiger partial charge in [-0.05, 0) is 29.5 Å². The maximum Gasteiger partial charge on any atom is 0.221 e. The predicted octanol–water partition coefficient (Wildman–Crippen LogP) is 2.66. The van der Waals surface area contributed by atoms with Gasteiger partial charge in [-0.15, -0.1) is 0 Å². The van der Waals surface area contributed by atoms with Crippen molar-refractivity contribution in [2.24, 2.45) is 5.10 Å². The molecule has 5 heteroatoms. The first-order valence-corrected chi connectivity index (χ1v) is 6.46. The Kier molecular flexibility index (Phi) is 3.53. The molecule has 3 N–H and O–H groups in total. The molecule has 0 saturated carbocycles. The largest absolute Gasteiger partial charge is 0.508 e. The van der Waals surface area contributed by atoms with Gasteiger partial charge in [0, 0.05) is 0 Å². The molecule has 0 unspecified atom stereocenters. The molecule has 0 bridgehead atoms. The van der Waals surface area contributed by atoms with Gasteiger partial charge < -0.3 is 10.8 Å². The van der Waals surface area contributed by atoms with E-state index in [1.807, 2.05) is 19.1 Å². The van der Waals surface area contributed by atoms with Crippen LogP contribution in [0.4, 0.5) is 5.95 Å². The van der Waals surface area contributed by atoms with Gasteiger partial charge in [0.05, 0.1) is 18.1 Å². The van der Waals surface area contributed by atoms with Gasteiger partial charge in [-0.25, -0.2) is 9.66 Å². The topological polar surface area (TPSA) is 76.4 Å². The van der Waals surface area contributed by atoms with Crippen LogP contribution in [-0.4, -0.2) is 21.0 Å². The predicted molar refractivity (Wildman–Crippen MR) is 81.2 cm³/mol. The van der Waals surface area contributed by atoms with Crippen molar-refractivity contribution in [1.29, 1.82) is 0 Å². The molecule has 0 amide bonds. The third-order valence-electron chi connectivity index (χ3n) is 3.00. The standard InChI is InChI=1S/C15H20N4O/c1-10-9-19(14(16)18-10)17-8-11-5-6-12(13(20)7-11)15(2,3)4/h5-9,20H,1-4H3,(H2,16,18). The van der Waals surface area contributed by atoms with E-state index in [-0.39, 0.29) is 11.2 Å². The molecule has 0 aliphatic heterocycles. The first-order valence-electron chi connectivity index (χ1n) is 6.46. The molecule has 0 saturated heterocycles. The molecule has 0 atom stereocenters. The smallest absolute Gasteiger partial charge is 0.221 e. The Morgan fingerprint density at radius 3 is 2.55 bits per heavy atom. The number of aryl methyl sites for hydroxylation is 1.